The third kappa shape index (κ3) is 2.66. The first-order valence-electron chi connectivity index (χ1n) is 9.44. The van der Waals surface area contributed by atoms with Gasteiger partial charge in [0.05, 0.1) is 0 Å². The van der Waals surface area contributed by atoms with E-state index < -0.39 is 0 Å². The van der Waals surface area contributed by atoms with E-state index >= 15 is 0 Å². The first kappa shape index (κ1) is 16.3. The first-order chi connectivity index (χ1) is 13.1. The second-order valence-corrected chi connectivity index (χ2v) is 7.60. The van der Waals surface area contributed by atoms with Crippen LogP contribution in [0, 0.1) is 0 Å². The van der Waals surface area contributed by atoms with Gasteiger partial charge in [-0.15, -0.1) is 0 Å². The van der Waals surface area contributed by atoms with Crippen molar-refractivity contribution in [1.29, 1.82) is 0 Å². The molecule has 2 atom stereocenters. The van der Waals surface area contributed by atoms with Crippen LogP contribution in [0.4, 0.5) is 0 Å². The summed E-state index contributed by atoms with van der Waals surface area (Å²) < 4.78 is 0. The van der Waals surface area contributed by atoms with Gasteiger partial charge in [-0.2, -0.15) is 0 Å². The monoisotopic (exact) mass is 358 g/mol. The van der Waals surface area contributed by atoms with Gasteiger partial charge in [0.2, 0.25) is 0 Å². The molecule has 2 aromatic carbocycles. The van der Waals surface area contributed by atoms with Crippen LogP contribution in [-0.2, 0) is 10.3 Å². The number of hydrogen-bond donors (Lipinski definition) is 2. The molecule has 0 radical (unpaired) electrons. The van der Waals surface area contributed by atoms with Gasteiger partial charge in [-0.05, 0) is 42.0 Å². The van der Waals surface area contributed by atoms with Gasteiger partial charge >= 0.3 is 0 Å². The van der Waals surface area contributed by atoms with E-state index in [0.717, 1.165) is 29.8 Å². The number of nitrogens with zero attached hydrogens (tertiary/aromatic N) is 2. The molecule has 1 amide bonds. The van der Waals surface area contributed by atoms with E-state index in [9.17, 15) is 4.79 Å². The standard InChI is InChI=1S/C22H22N4O/c23-22(13-4-14-22)17-9-7-15(8-10-17)20-21(16-5-2-1-3-6-16)26-18(24-20)11-12-19(27)25-26/h1-3,5-12,20-21H,4,13-14,23H2,(H,25,27). The maximum Gasteiger partial charge on any atom is 0.262 e. The normalized spacial score (nSPS) is 25.4. The maximum absolute atomic E-state index is 11.9. The zero-order valence-corrected chi connectivity index (χ0v) is 15.0. The van der Waals surface area contributed by atoms with E-state index in [1.807, 2.05) is 23.2 Å². The van der Waals surface area contributed by atoms with Crippen LogP contribution in [0.3, 0.4) is 0 Å². The number of carbonyl (C=O) groups excluding carboxylic acids is 1. The van der Waals surface area contributed by atoms with Crippen LogP contribution in [0.5, 0.6) is 0 Å². The highest BCUT2D eigenvalue weighted by Gasteiger charge is 2.40. The molecule has 3 N–H and O–H groups in total. The summed E-state index contributed by atoms with van der Waals surface area (Å²) in [5, 5.41) is 1.88. The van der Waals surface area contributed by atoms with Gasteiger partial charge in [0, 0.05) is 11.6 Å². The molecule has 2 heterocycles. The minimum absolute atomic E-state index is 0.0727. The second-order valence-electron chi connectivity index (χ2n) is 7.60. The summed E-state index contributed by atoms with van der Waals surface area (Å²) in [6.07, 6.45) is 6.61. The Kier molecular flexibility index (Phi) is 3.65. The van der Waals surface area contributed by atoms with Gasteiger partial charge in [-0.1, -0.05) is 54.6 Å². The molecule has 5 rings (SSSR count). The molecule has 2 unspecified atom stereocenters. The Morgan fingerprint density at radius 2 is 1.74 bits per heavy atom. The van der Waals surface area contributed by atoms with E-state index in [1.165, 1.54) is 18.1 Å². The fourth-order valence-electron chi connectivity index (χ4n) is 4.21. The number of nitrogens with two attached hydrogens (primary N) is 1. The Hall–Kier alpha value is -2.92. The summed E-state index contributed by atoms with van der Waals surface area (Å²) >= 11 is 0. The highest BCUT2D eigenvalue weighted by atomic mass is 16.2. The van der Waals surface area contributed by atoms with E-state index in [4.69, 9.17) is 10.7 Å². The number of carbonyl (C=O) groups is 1. The fourth-order valence-corrected chi connectivity index (χ4v) is 4.21. The minimum Gasteiger partial charge on any atom is -0.321 e. The zero-order valence-electron chi connectivity index (χ0n) is 15.0. The van der Waals surface area contributed by atoms with Crippen LogP contribution in [-0.4, -0.2) is 16.8 Å². The van der Waals surface area contributed by atoms with Crippen LogP contribution in [0.25, 0.3) is 0 Å². The predicted octanol–water partition coefficient (Wildman–Crippen LogP) is 3.12. The van der Waals surface area contributed by atoms with Crippen LogP contribution < -0.4 is 11.2 Å². The number of nitrogens with one attached hydrogen (secondary N) is 1. The van der Waals surface area contributed by atoms with E-state index in [1.54, 1.807) is 6.08 Å². The number of benzene rings is 2. The number of rotatable bonds is 3. The third-order valence-electron chi connectivity index (χ3n) is 5.92. The first-order valence-corrected chi connectivity index (χ1v) is 9.44. The zero-order chi connectivity index (χ0) is 18.4. The van der Waals surface area contributed by atoms with Crippen molar-refractivity contribution in [2.75, 3.05) is 0 Å². The highest BCUT2D eigenvalue weighted by molar-refractivity contribution is 6.05. The predicted molar refractivity (Wildman–Crippen MR) is 105 cm³/mol. The number of fused-ring (bicyclic) bond motifs is 1. The van der Waals surface area contributed by atoms with Crippen molar-refractivity contribution in [3.63, 3.8) is 0 Å². The molecular weight excluding hydrogens is 336 g/mol. The lowest BCUT2D eigenvalue weighted by atomic mass is 9.72. The summed E-state index contributed by atoms with van der Waals surface area (Å²) in [7, 11) is 0. The Bertz CT molecular complexity index is 929. The van der Waals surface area contributed by atoms with Gasteiger partial charge in [0.15, 0.2) is 0 Å². The summed E-state index contributed by atoms with van der Waals surface area (Å²) in [5.74, 6) is 0.660. The molecule has 0 saturated heterocycles. The number of amides is 1. The van der Waals surface area contributed by atoms with E-state index in [-0.39, 0.29) is 23.5 Å². The Balaban J connectivity index is 1.52. The molecule has 1 fully saturated rings. The molecule has 5 nitrogen and oxygen atoms in total. The molecule has 0 bridgehead atoms. The van der Waals surface area contributed by atoms with Gasteiger partial charge < -0.3 is 5.73 Å². The molecule has 1 saturated carbocycles. The Morgan fingerprint density at radius 1 is 1.00 bits per heavy atom. The van der Waals surface area contributed by atoms with Crippen molar-refractivity contribution < 1.29 is 4.79 Å². The number of hydrogen-bond acceptors (Lipinski definition) is 4. The summed E-state index contributed by atoms with van der Waals surface area (Å²) in [4.78, 5) is 16.8. The molecule has 136 valence electrons. The highest BCUT2D eigenvalue weighted by Crippen LogP contribution is 2.43. The lowest BCUT2D eigenvalue weighted by Crippen LogP contribution is -2.47. The Morgan fingerprint density at radius 3 is 2.41 bits per heavy atom. The Labute approximate surface area is 158 Å². The van der Waals surface area contributed by atoms with Crippen LogP contribution >= 0.6 is 0 Å². The minimum atomic E-state index is -0.160. The molecule has 2 aromatic rings. The third-order valence-corrected chi connectivity index (χ3v) is 5.92. The topological polar surface area (TPSA) is 70.7 Å². The van der Waals surface area contributed by atoms with Gasteiger partial charge in [-0.3, -0.25) is 20.2 Å². The quantitative estimate of drug-likeness (QED) is 0.886. The molecule has 1 aliphatic carbocycles. The molecule has 27 heavy (non-hydrogen) atoms. The number of aliphatic imine (C=N–C) groups is 1. The van der Waals surface area contributed by atoms with Crippen molar-refractivity contribution in [1.82, 2.24) is 10.4 Å². The molecular formula is C22H22N4O. The summed E-state index contributed by atoms with van der Waals surface area (Å²) in [6.45, 7) is 0. The number of hydrazine groups is 1. The molecule has 0 aromatic heterocycles. The number of amidine groups is 1. The summed E-state index contributed by atoms with van der Waals surface area (Å²) in [5.41, 5.74) is 12.7. The maximum atomic E-state index is 11.9. The molecule has 2 aliphatic heterocycles. The van der Waals surface area contributed by atoms with Gasteiger partial charge in [-0.25, -0.2) is 0 Å². The van der Waals surface area contributed by atoms with Crippen LogP contribution in [0.15, 0.2) is 71.7 Å². The second kappa shape index (κ2) is 6.06. The van der Waals surface area contributed by atoms with Gasteiger partial charge in [0.25, 0.3) is 5.91 Å². The van der Waals surface area contributed by atoms with E-state index in [0.29, 0.717) is 0 Å². The fraction of sp³-hybridized carbons (Fsp3) is 0.273. The smallest absolute Gasteiger partial charge is 0.262 e. The van der Waals surface area contributed by atoms with Crippen molar-refractivity contribution in [2.24, 2.45) is 10.7 Å². The molecule has 3 aliphatic rings. The lowest BCUT2D eigenvalue weighted by Gasteiger charge is -2.38. The van der Waals surface area contributed by atoms with Crippen molar-refractivity contribution in [3.8, 4) is 0 Å². The van der Waals surface area contributed by atoms with Crippen LogP contribution in [0.1, 0.15) is 48.0 Å². The van der Waals surface area contributed by atoms with E-state index in [2.05, 4.69) is 41.8 Å². The van der Waals surface area contributed by atoms with Crippen molar-refractivity contribution >= 4 is 11.7 Å². The van der Waals surface area contributed by atoms with Crippen molar-refractivity contribution in [3.05, 3.63) is 83.4 Å². The molecule has 0 spiro atoms. The average molecular weight is 358 g/mol. The SMILES string of the molecule is NC1(c2ccc(C3N=C4C=CC(=O)NN4C3c3ccccc3)cc2)CCC1. The average Bonchev–Trinajstić information content (AvgIpc) is 3.05. The molecule has 5 heteroatoms. The summed E-state index contributed by atoms with van der Waals surface area (Å²) in [6, 6.07) is 18.6. The lowest BCUT2D eigenvalue weighted by molar-refractivity contribution is -0.120. The van der Waals surface area contributed by atoms with Gasteiger partial charge in [0.1, 0.15) is 17.9 Å². The van der Waals surface area contributed by atoms with Crippen molar-refractivity contribution in [2.45, 2.75) is 36.9 Å². The van der Waals surface area contributed by atoms with Crippen LogP contribution in [0.2, 0.25) is 0 Å². The largest absolute Gasteiger partial charge is 0.321 e.